The van der Waals surface area contributed by atoms with E-state index < -0.39 is 0 Å². The summed E-state index contributed by atoms with van der Waals surface area (Å²) in [5.74, 6) is 0. The number of aromatic amines is 1. The van der Waals surface area contributed by atoms with Crippen molar-refractivity contribution >= 4 is 65.7 Å². The number of benzene rings is 7. The Morgan fingerprint density at radius 1 is 0.378 bits per heavy atom. The maximum Gasteiger partial charge on any atom is 0.143 e. The monoisotopic (exact) mass is 575 g/mol. The number of hydrogen-bond donors (Lipinski definition) is 1. The topological polar surface area (TPSA) is 42.1 Å². The SMILES string of the molecule is c1cc(-c2cccc3c2[nH]c2ccc(-c4cccc5c4oc4ccccc45)cc23)cc(-c2cccc3oc4ccccc4c23)c1. The molecule has 0 unspecified atom stereocenters. The molecule has 0 bridgehead atoms. The summed E-state index contributed by atoms with van der Waals surface area (Å²) in [6.45, 7) is 0. The zero-order valence-corrected chi connectivity index (χ0v) is 24.2. The lowest BCUT2D eigenvalue weighted by Crippen LogP contribution is -1.84. The molecule has 3 heterocycles. The molecule has 3 aromatic heterocycles. The summed E-state index contributed by atoms with van der Waals surface area (Å²) in [7, 11) is 0. The van der Waals surface area contributed by atoms with Crippen LogP contribution in [-0.4, -0.2) is 4.98 Å². The minimum absolute atomic E-state index is 0.908. The summed E-state index contributed by atoms with van der Waals surface area (Å²) in [4.78, 5) is 3.75. The highest BCUT2D eigenvalue weighted by molar-refractivity contribution is 6.15. The highest BCUT2D eigenvalue weighted by Gasteiger charge is 2.16. The van der Waals surface area contributed by atoms with E-state index in [1.807, 2.05) is 24.3 Å². The lowest BCUT2D eigenvalue weighted by molar-refractivity contribution is 0.669. The van der Waals surface area contributed by atoms with Crippen LogP contribution in [0.5, 0.6) is 0 Å². The minimum Gasteiger partial charge on any atom is -0.456 e. The molecule has 3 heteroatoms. The van der Waals surface area contributed by atoms with E-state index >= 15 is 0 Å². The zero-order chi connectivity index (χ0) is 29.5. The summed E-state index contributed by atoms with van der Waals surface area (Å²) >= 11 is 0. The number of hydrogen-bond acceptors (Lipinski definition) is 2. The van der Waals surface area contributed by atoms with E-state index in [2.05, 4.69) is 126 Å². The Hall–Kier alpha value is -6.06. The second-order valence-corrected chi connectivity index (χ2v) is 11.8. The van der Waals surface area contributed by atoms with E-state index in [9.17, 15) is 0 Å². The fraction of sp³-hybridized carbons (Fsp3) is 0. The molecule has 10 rings (SSSR count). The van der Waals surface area contributed by atoms with Crippen molar-refractivity contribution in [3.63, 3.8) is 0 Å². The molecule has 0 fully saturated rings. The molecule has 0 amide bonds. The average Bonchev–Trinajstić information content (AvgIpc) is 3.79. The summed E-state index contributed by atoms with van der Waals surface area (Å²) in [6.07, 6.45) is 0. The van der Waals surface area contributed by atoms with Crippen molar-refractivity contribution in [2.75, 3.05) is 0 Å². The maximum atomic E-state index is 6.38. The number of para-hydroxylation sites is 4. The highest BCUT2D eigenvalue weighted by Crippen LogP contribution is 2.41. The van der Waals surface area contributed by atoms with E-state index in [1.54, 1.807) is 0 Å². The van der Waals surface area contributed by atoms with Crippen molar-refractivity contribution in [2.24, 2.45) is 0 Å². The Labute approximate surface area is 257 Å². The van der Waals surface area contributed by atoms with Gasteiger partial charge in [0, 0.05) is 49.0 Å². The van der Waals surface area contributed by atoms with E-state index in [0.29, 0.717) is 0 Å². The first-order chi connectivity index (χ1) is 22.3. The van der Waals surface area contributed by atoms with Crippen LogP contribution in [0.4, 0.5) is 0 Å². The van der Waals surface area contributed by atoms with Gasteiger partial charge in [-0.2, -0.15) is 0 Å². The van der Waals surface area contributed by atoms with Gasteiger partial charge in [0.1, 0.15) is 22.3 Å². The third-order valence-electron chi connectivity index (χ3n) is 9.24. The van der Waals surface area contributed by atoms with Crippen LogP contribution in [0.1, 0.15) is 0 Å². The van der Waals surface area contributed by atoms with Crippen molar-refractivity contribution in [1.82, 2.24) is 4.98 Å². The van der Waals surface area contributed by atoms with Gasteiger partial charge in [0.25, 0.3) is 0 Å². The second-order valence-electron chi connectivity index (χ2n) is 11.8. The molecule has 0 aliphatic rings. The first kappa shape index (κ1) is 24.4. The first-order valence-electron chi connectivity index (χ1n) is 15.3. The normalized spacial score (nSPS) is 12.0. The van der Waals surface area contributed by atoms with Gasteiger partial charge in [-0.15, -0.1) is 0 Å². The van der Waals surface area contributed by atoms with Crippen molar-refractivity contribution < 1.29 is 8.83 Å². The average molecular weight is 576 g/mol. The number of nitrogens with one attached hydrogen (secondary N) is 1. The lowest BCUT2D eigenvalue weighted by Gasteiger charge is -2.09. The van der Waals surface area contributed by atoms with Crippen molar-refractivity contribution in [2.45, 2.75) is 0 Å². The molecule has 0 aliphatic heterocycles. The Kier molecular flexibility index (Phi) is 5.00. The minimum atomic E-state index is 0.908. The number of furan rings is 2. The van der Waals surface area contributed by atoms with Crippen LogP contribution in [0, 0.1) is 0 Å². The van der Waals surface area contributed by atoms with Crippen LogP contribution in [0.2, 0.25) is 0 Å². The predicted molar refractivity (Wildman–Crippen MR) is 187 cm³/mol. The summed E-state index contributed by atoms with van der Waals surface area (Å²) < 4.78 is 12.6. The van der Waals surface area contributed by atoms with Crippen LogP contribution in [0.15, 0.2) is 154 Å². The van der Waals surface area contributed by atoms with Crippen molar-refractivity contribution in [3.8, 4) is 33.4 Å². The van der Waals surface area contributed by atoms with Crippen LogP contribution in [0.25, 0.3) is 99.1 Å². The molecule has 0 saturated heterocycles. The lowest BCUT2D eigenvalue weighted by atomic mass is 9.95. The number of aromatic nitrogens is 1. The fourth-order valence-corrected chi connectivity index (χ4v) is 7.17. The Morgan fingerprint density at radius 2 is 1.00 bits per heavy atom. The largest absolute Gasteiger partial charge is 0.456 e. The van der Waals surface area contributed by atoms with Gasteiger partial charge in [0.15, 0.2) is 0 Å². The third-order valence-corrected chi connectivity index (χ3v) is 9.24. The molecule has 0 atom stereocenters. The molecule has 210 valence electrons. The van der Waals surface area contributed by atoms with Crippen molar-refractivity contribution in [3.05, 3.63) is 146 Å². The Bertz CT molecular complexity index is 2770. The van der Waals surface area contributed by atoms with Crippen LogP contribution < -0.4 is 0 Å². The smallest absolute Gasteiger partial charge is 0.143 e. The van der Waals surface area contributed by atoms with E-state index in [1.165, 1.54) is 33.0 Å². The third kappa shape index (κ3) is 3.58. The molecule has 0 spiro atoms. The van der Waals surface area contributed by atoms with Gasteiger partial charge in [-0.25, -0.2) is 0 Å². The molecule has 0 radical (unpaired) electrons. The summed E-state index contributed by atoms with van der Waals surface area (Å²) in [6, 6.07) is 51.4. The zero-order valence-electron chi connectivity index (χ0n) is 24.2. The molecule has 45 heavy (non-hydrogen) atoms. The van der Waals surface area contributed by atoms with Crippen LogP contribution in [-0.2, 0) is 0 Å². The van der Waals surface area contributed by atoms with Crippen molar-refractivity contribution in [1.29, 1.82) is 0 Å². The first-order valence-corrected chi connectivity index (χ1v) is 15.3. The standard InChI is InChI=1S/C42H25NO2/c1-3-18-37-31(11-1)33-17-7-15-30(42(33)45-37)27-21-22-36-35(24-27)32-16-6-14-29(41(32)43-36)26-10-5-9-25(23-26)28-13-8-20-39-40(28)34-12-2-4-19-38(34)44-39/h1-24,43H. The van der Waals surface area contributed by atoms with Gasteiger partial charge >= 0.3 is 0 Å². The molecular formula is C42H25NO2. The fourth-order valence-electron chi connectivity index (χ4n) is 7.17. The number of rotatable bonds is 3. The Balaban J connectivity index is 1.13. The molecule has 0 saturated carbocycles. The van der Waals surface area contributed by atoms with Gasteiger partial charge in [-0.3, -0.25) is 0 Å². The quantitative estimate of drug-likeness (QED) is 0.228. The van der Waals surface area contributed by atoms with Gasteiger partial charge in [0.05, 0.1) is 5.52 Å². The van der Waals surface area contributed by atoms with Gasteiger partial charge in [-0.1, -0.05) is 109 Å². The van der Waals surface area contributed by atoms with Gasteiger partial charge < -0.3 is 13.8 Å². The predicted octanol–water partition coefficient (Wildman–Crippen LogP) is 12.1. The van der Waals surface area contributed by atoms with Gasteiger partial charge in [-0.05, 0) is 58.7 Å². The second kappa shape index (κ2) is 9.22. The van der Waals surface area contributed by atoms with E-state index in [4.69, 9.17) is 8.83 Å². The molecule has 0 aliphatic carbocycles. The van der Waals surface area contributed by atoms with Gasteiger partial charge in [0.2, 0.25) is 0 Å². The molecular weight excluding hydrogens is 550 g/mol. The number of fused-ring (bicyclic) bond motifs is 9. The Morgan fingerprint density at radius 3 is 1.89 bits per heavy atom. The molecule has 1 N–H and O–H groups in total. The maximum absolute atomic E-state index is 6.38. The number of H-pyrrole nitrogens is 1. The molecule has 10 aromatic rings. The summed E-state index contributed by atoms with van der Waals surface area (Å²) in [5, 5.41) is 6.98. The van der Waals surface area contributed by atoms with Crippen LogP contribution >= 0.6 is 0 Å². The molecule has 7 aromatic carbocycles. The van der Waals surface area contributed by atoms with E-state index in [-0.39, 0.29) is 0 Å². The highest BCUT2D eigenvalue weighted by atomic mass is 16.3. The van der Waals surface area contributed by atoms with Crippen LogP contribution in [0.3, 0.4) is 0 Å². The summed E-state index contributed by atoms with van der Waals surface area (Å²) in [5.41, 5.74) is 12.8. The van der Waals surface area contributed by atoms with E-state index in [0.717, 1.165) is 66.0 Å². The molecule has 3 nitrogen and oxygen atoms in total.